The number of carboxylic acid groups (broad SMARTS) is 1. The van der Waals surface area contributed by atoms with Gasteiger partial charge in [-0.15, -0.1) is 0 Å². The summed E-state index contributed by atoms with van der Waals surface area (Å²) in [7, 11) is 1.43. The van der Waals surface area contributed by atoms with Gasteiger partial charge in [-0.3, -0.25) is 14.4 Å². The number of nitrogens with one attached hydrogen (secondary N) is 1. The van der Waals surface area contributed by atoms with Gasteiger partial charge in [-0.05, 0) is 18.6 Å². The molecule has 0 radical (unpaired) electrons. The number of aliphatic carboxylic acids is 1. The Morgan fingerprint density at radius 3 is 2.43 bits per heavy atom. The van der Waals surface area contributed by atoms with Crippen LogP contribution in [0, 0.1) is 0 Å². The molecule has 1 amide bonds. The van der Waals surface area contributed by atoms with E-state index < -0.39 is 17.3 Å². The molecule has 0 spiro atoms. The van der Waals surface area contributed by atoms with Gasteiger partial charge in [0.2, 0.25) is 0 Å². The number of rotatable bonds is 5. The second-order valence-corrected chi connectivity index (χ2v) is 5.37. The van der Waals surface area contributed by atoms with Gasteiger partial charge in [0.15, 0.2) is 0 Å². The summed E-state index contributed by atoms with van der Waals surface area (Å²) < 4.78 is 1.04. The molecule has 2 rings (SSSR count). The summed E-state index contributed by atoms with van der Waals surface area (Å²) in [6, 6.07) is 11.2. The first-order valence-electron chi connectivity index (χ1n) is 6.96. The van der Waals surface area contributed by atoms with E-state index in [4.69, 9.17) is 0 Å². The maximum absolute atomic E-state index is 12.1. The SMILES string of the molecule is Cn1nc(C(=O)NCC(C)(C(=O)O)c2ccccc2)ccc1=O. The maximum Gasteiger partial charge on any atom is 0.315 e. The van der Waals surface area contributed by atoms with Crippen LogP contribution in [0.25, 0.3) is 0 Å². The number of hydrogen-bond acceptors (Lipinski definition) is 4. The Hall–Kier alpha value is -2.96. The zero-order valence-electron chi connectivity index (χ0n) is 12.8. The van der Waals surface area contributed by atoms with Crippen molar-refractivity contribution >= 4 is 11.9 Å². The van der Waals surface area contributed by atoms with Crippen molar-refractivity contribution in [3.8, 4) is 0 Å². The minimum atomic E-state index is -1.27. The molecule has 120 valence electrons. The quantitative estimate of drug-likeness (QED) is 0.839. The largest absolute Gasteiger partial charge is 0.481 e. The van der Waals surface area contributed by atoms with Gasteiger partial charge in [-0.2, -0.15) is 5.10 Å². The first-order chi connectivity index (χ1) is 10.8. The number of carboxylic acids is 1. The second kappa shape index (κ2) is 6.43. The monoisotopic (exact) mass is 315 g/mol. The average molecular weight is 315 g/mol. The highest BCUT2D eigenvalue weighted by Gasteiger charge is 2.35. The van der Waals surface area contributed by atoms with Crippen LogP contribution >= 0.6 is 0 Å². The molecule has 0 saturated heterocycles. The highest BCUT2D eigenvalue weighted by atomic mass is 16.4. The van der Waals surface area contributed by atoms with Crippen LogP contribution < -0.4 is 10.9 Å². The zero-order valence-corrected chi connectivity index (χ0v) is 12.8. The third kappa shape index (κ3) is 3.45. The fraction of sp³-hybridized carbons (Fsp3) is 0.250. The molecule has 0 aliphatic heterocycles. The number of carbonyl (C=O) groups is 2. The number of carbonyl (C=O) groups excluding carboxylic acids is 1. The molecular weight excluding hydrogens is 298 g/mol. The molecule has 2 aromatic rings. The highest BCUT2D eigenvalue weighted by molar-refractivity contribution is 5.92. The molecule has 0 saturated carbocycles. The van der Waals surface area contributed by atoms with E-state index in [0.717, 1.165) is 4.68 Å². The molecule has 1 aromatic heterocycles. The number of aryl methyl sites for hydroxylation is 1. The van der Waals surface area contributed by atoms with Gasteiger partial charge in [-0.25, -0.2) is 4.68 Å². The van der Waals surface area contributed by atoms with Gasteiger partial charge in [0.05, 0.1) is 0 Å². The van der Waals surface area contributed by atoms with E-state index in [1.54, 1.807) is 37.3 Å². The van der Waals surface area contributed by atoms with Crippen molar-refractivity contribution < 1.29 is 14.7 Å². The van der Waals surface area contributed by atoms with Gasteiger partial charge in [0.1, 0.15) is 11.1 Å². The summed E-state index contributed by atoms with van der Waals surface area (Å²) in [5, 5.41) is 15.9. The van der Waals surface area contributed by atoms with E-state index in [-0.39, 0.29) is 17.8 Å². The molecule has 1 heterocycles. The lowest BCUT2D eigenvalue weighted by Gasteiger charge is -2.25. The van der Waals surface area contributed by atoms with Gasteiger partial charge < -0.3 is 10.4 Å². The van der Waals surface area contributed by atoms with Gasteiger partial charge >= 0.3 is 5.97 Å². The average Bonchev–Trinajstić information content (AvgIpc) is 2.55. The van der Waals surface area contributed by atoms with Crippen LogP contribution in [0.5, 0.6) is 0 Å². The van der Waals surface area contributed by atoms with Crippen molar-refractivity contribution in [2.45, 2.75) is 12.3 Å². The Bertz CT molecular complexity index is 785. The van der Waals surface area contributed by atoms with Crippen molar-refractivity contribution in [2.75, 3.05) is 6.54 Å². The van der Waals surface area contributed by atoms with Crippen LogP contribution in [0.15, 0.2) is 47.3 Å². The normalized spacial score (nSPS) is 13.1. The Morgan fingerprint density at radius 1 is 1.22 bits per heavy atom. The molecule has 0 aliphatic carbocycles. The van der Waals surface area contributed by atoms with E-state index >= 15 is 0 Å². The van der Waals surface area contributed by atoms with Crippen LogP contribution in [0.4, 0.5) is 0 Å². The van der Waals surface area contributed by atoms with Crippen LogP contribution in [-0.2, 0) is 17.3 Å². The van der Waals surface area contributed by atoms with Crippen molar-refractivity contribution in [2.24, 2.45) is 7.05 Å². The fourth-order valence-corrected chi connectivity index (χ4v) is 2.08. The molecule has 0 bridgehead atoms. The van der Waals surface area contributed by atoms with Crippen molar-refractivity contribution in [1.82, 2.24) is 15.1 Å². The Morgan fingerprint density at radius 2 is 1.87 bits per heavy atom. The molecule has 2 N–H and O–H groups in total. The van der Waals surface area contributed by atoms with Gasteiger partial charge in [0, 0.05) is 19.7 Å². The first kappa shape index (κ1) is 16.4. The zero-order chi connectivity index (χ0) is 17.0. The topological polar surface area (TPSA) is 101 Å². The van der Waals surface area contributed by atoms with E-state index in [9.17, 15) is 19.5 Å². The van der Waals surface area contributed by atoms with E-state index in [1.165, 1.54) is 19.2 Å². The predicted octanol–water partition coefficient (Wildman–Crippen LogP) is 0.553. The standard InChI is InChI=1S/C16H17N3O4/c1-16(15(22)23,11-6-4-3-5-7-11)10-17-14(21)12-8-9-13(20)19(2)18-12/h3-9H,10H2,1-2H3,(H,17,21)(H,22,23). The molecule has 1 atom stereocenters. The van der Waals surface area contributed by atoms with Crippen LogP contribution in [0.1, 0.15) is 23.0 Å². The second-order valence-electron chi connectivity index (χ2n) is 5.37. The maximum atomic E-state index is 12.1. The number of benzene rings is 1. The molecule has 23 heavy (non-hydrogen) atoms. The lowest BCUT2D eigenvalue weighted by Crippen LogP contribution is -2.44. The summed E-state index contributed by atoms with van der Waals surface area (Å²) >= 11 is 0. The number of amides is 1. The first-order valence-corrected chi connectivity index (χ1v) is 6.96. The lowest BCUT2D eigenvalue weighted by atomic mass is 9.82. The Balaban J connectivity index is 2.19. The van der Waals surface area contributed by atoms with Crippen LogP contribution in [0.2, 0.25) is 0 Å². The minimum absolute atomic E-state index is 0.0490. The molecular formula is C16H17N3O4. The Kier molecular flexibility index (Phi) is 4.59. The lowest BCUT2D eigenvalue weighted by molar-refractivity contribution is -0.142. The Labute approximate surface area is 132 Å². The third-order valence-corrected chi connectivity index (χ3v) is 3.68. The summed E-state index contributed by atoms with van der Waals surface area (Å²) in [5.74, 6) is -1.58. The number of aromatic nitrogens is 2. The molecule has 0 fully saturated rings. The third-order valence-electron chi connectivity index (χ3n) is 3.68. The van der Waals surface area contributed by atoms with E-state index in [0.29, 0.717) is 5.56 Å². The summed E-state index contributed by atoms with van der Waals surface area (Å²) in [4.78, 5) is 35.1. The van der Waals surface area contributed by atoms with Crippen LogP contribution in [0.3, 0.4) is 0 Å². The molecule has 1 aromatic carbocycles. The van der Waals surface area contributed by atoms with Gasteiger partial charge in [-0.1, -0.05) is 30.3 Å². The van der Waals surface area contributed by atoms with E-state index in [1.807, 2.05) is 0 Å². The summed E-state index contributed by atoms with van der Waals surface area (Å²) in [6.45, 7) is 1.44. The van der Waals surface area contributed by atoms with Crippen molar-refractivity contribution in [3.05, 3.63) is 64.1 Å². The van der Waals surface area contributed by atoms with Crippen LogP contribution in [-0.4, -0.2) is 33.3 Å². The minimum Gasteiger partial charge on any atom is -0.481 e. The highest BCUT2D eigenvalue weighted by Crippen LogP contribution is 2.23. The summed E-state index contributed by atoms with van der Waals surface area (Å²) in [5.41, 5.74) is -0.965. The van der Waals surface area contributed by atoms with Crippen molar-refractivity contribution in [1.29, 1.82) is 0 Å². The molecule has 1 unspecified atom stereocenters. The number of nitrogens with zero attached hydrogens (tertiary/aromatic N) is 2. The summed E-state index contributed by atoms with van der Waals surface area (Å²) in [6.07, 6.45) is 0. The number of hydrogen-bond donors (Lipinski definition) is 2. The van der Waals surface area contributed by atoms with Gasteiger partial charge in [0.25, 0.3) is 11.5 Å². The molecule has 7 nitrogen and oxygen atoms in total. The fourth-order valence-electron chi connectivity index (χ4n) is 2.08. The van der Waals surface area contributed by atoms with Crippen molar-refractivity contribution in [3.63, 3.8) is 0 Å². The molecule has 7 heteroatoms. The predicted molar refractivity (Wildman–Crippen MR) is 83.2 cm³/mol. The van der Waals surface area contributed by atoms with E-state index in [2.05, 4.69) is 10.4 Å². The smallest absolute Gasteiger partial charge is 0.315 e. The molecule has 0 aliphatic rings.